The van der Waals surface area contributed by atoms with Gasteiger partial charge in [0.2, 0.25) is 0 Å². The van der Waals surface area contributed by atoms with Crippen LogP contribution in [0, 0.1) is 20.8 Å². The quantitative estimate of drug-likeness (QED) is 0.889. The zero-order chi connectivity index (χ0) is 14.0. The number of furan rings is 1. The molecule has 0 atom stereocenters. The van der Waals surface area contributed by atoms with E-state index in [0.29, 0.717) is 17.9 Å². The Kier molecular flexibility index (Phi) is 3.71. The van der Waals surface area contributed by atoms with E-state index in [4.69, 9.17) is 10.2 Å². The van der Waals surface area contributed by atoms with Crippen molar-refractivity contribution in [3.63, 3.8) is 0 Å². The summed E-state index contributed by atoms with van der Waals surface area (Å²) in [5.41, 5.74) is 8.79. The molecule has 1 amide bonds. The molecule has 0 saturated heterocycles. The minimum atomic E-state index is -0.152. The van der Waals surface area contributed by atoms with E-state index in [1.165, 1.54) is 0 Å². The molecule has 0 spiro atoms. The smallest absolute Gasteiger partial charge is 0.259 e. The monoisotopic (exact) mass is 258 g/mol. The van der Waals surface area contributed by atoms with Crippen molar-refractivity contribution < 1.29 is 9.21 Å². The van der Waals surface area contributed by atoms with Gasteiger partial charge >= 0.3 is 0 Å². The number of aryl methyl sites for hydroxylation is 2. The Morgan fingerprint density at radius 3 is 2.58 bits per heavy atom. The number of nitrogens with one attached hydrogen (secondary N) is 1. The summed E-state index contributed by atoms with van der Waals surface area (Å²) < 4.78 is 5.47. The van der Waals surface area contributed by atoms with Crippen molar-refractivity contribution in [2.75, 3.05) is 5.32 Å². The van der Waals surface area contributed by atoms with Gasteiger partial charge in [0, 0.05) is 17.8 Å². The number of carbonyl (C=O) groups is 1. The largest absolute Gasteiger partial charge is 0.466 e. The standard InChI is InChI=1S/C15H18N2O2/c1-9-10(2)19-11(3)14(9)15(18)17-13-6-4-5-12(7-13)8-16/h4-7H,8,16H2,1-3H3,(H,17,18). The van der Waals surface area contributed by atoms with Gasteiger partial charge in [-0.1, -0.05) is 12.1 Å². The van der Waals surface area contributed by atoms with Gasteiger partial charge in [-0.15, -0.1) is 0 Å². The molecule has 4 heteroatoms. The first kappa shape index (κ1) is 13.4. The molecule has 0 aliphatic rings. The van der Waals surface area contributed by atoms with E-state index in [-0.39, 0.29) is 5.91 Å². The van der Waals surface area contributed by atoms with Crippen LogP contribution in [0.5, 0.6) is 0 Å². The molecular weight excluding hydrogens is 240 g/mol. The van der Waals surface area contributed by atoms with Crippen LogP contribution in [0.1, 0.15) is 33.0 Å². The average molecular weight is 258 g/mol. The third kappa shape index (κ3) is 2.69. The maximum atomic E-state index is 12.3. The Bertz CT molecular complexity index is 615. The lowest BCUT2D eigenvalue weighted by molar-refractivity contribution is 0.102. The average Bonchev–Trinajstić information content (AvgIpc) is 2.63. The van der Waals surface area contributed by atoms with Crippen LogP contribution in [0.25, 0.3) is 0 Å². The van der Waals surface area contributed by atoms with Crippen molar-refractivity contribution in [1.82, 2.24) is 0 Å². The Hall–Kier alpha value is -2.07. The second kappa shape index (κ2) is 5.28. The van der Waals surface area contributed by atoms with Crippen molar-refractivity contribution in [3.8, 4) is 0 Å². The zero-order valence-corrected chi connectivity index (χ0v) is 11.4. The lowest BCUT2D eigenvalue weighted by Gasteiger charge is -2.06. The minimum Gasteiger partial charge on any atom is -0.466 e. The fraction of sp³-hybridized carbons (Fsp3) is 0.267. The van der Waals surface area contributed by atoms with Gasteiger partial charge in [-0.2, -0.15) is 0 Å². The van der Waals surface area contributed by atoms with Crippen LogP contribution in [0.4, 0.5) is 5.69 Å². The van der Waals surface area contributed by atoms with Crippen LogP contribution in [-0.4, -0.2) is 5.91 Å². The van der Waals surface area contributed by atoms with Crippen LogP contribution in [-0.2, 0) is 6.54 Å². The highest BCUT2D eigenvalue weighted by atomic mass is 16.3. The van der Waals surface area contributed by atoms with Crippen LogP contribution in [0.2, 0.25) is 0 Å². The second-order valence-electron chi connectivity index (χ2n) is 4.57. The molecule has 0 saturated carbocycles. The highest BCUT2D eigenvalue weighted by molar-refractivity contribution is 6.06. The van der Waals surface area contributed by atoms with Gasteiger partial charge in [0.1, 0.15) is 11.5 Å². The number of amides is 1. The number of rotatable bonds is 3. The summed E-state index contributed by atoms with van der Waals surface area (Å²) in [7, 11) is 0. The fourth-order valence-corrected chi connectivity index (χ4v) is 2.10. The summed E-state index contributed by atoms with van der Waals surface area (Å²) in [5.74, 6) is 1.27. The van der Waals surface area contributed by atoms with Crippen LogP contribution in [0.15, 0.2) is 28.7 Å². The Balaban J connectivity index is 2.25. The van der Waals surface area contributed by atoms with Crippen molar-refractivity contribution in [2.45, 2.75) is 27.3 Å². The highest BCUT2D eigenvalue weighted by Gasteiger charge is 2.18. The van der Waals surface area contributed by atoms with Crippen molar-refractivity contribution in [1.29, 1.82) is 0 Å². The van der Waals surface area contributed by atoms with Gasteiger partial charge < -0.3 is 15.5 Å². The molecule has 0 radical (unpaired) electrons. The third-order valence-electron chi connectivity index (χ3n) is 3.21. The van der Waals surface area contributed by atoms with Gasteiger partial charge in [-0.3, -0.25) is 4.79 Å². The fourth-order valence-electron chi connectivity index (χ4n) is 2.10. The summed E-state index contributed by atoms with van der Waals surface area (Å²) in [4.78, 5) is 12.3. The molecule has 0 bridgehead atoms. The Labute approximate surface area is 112 Å². The van der Waals surface area contributed by atoms with E-state index in [0.717, 1.165) is 22.6 Å². The normalized spacial score (nSPS) is 10.5. The number of carbonyl (C=O) groups excluding carboxylic acids is 1. The van der Waals surface area contributed by atoms with E-state index in [1.54, 1.807) is 6.92 Å². The molecule has 1 aromatic carbocycles. The summed E-state index contributed by atoms with van der Waals surface area (Å²) >= 11 is 0. The summed E-state index contributed by atoms with van der Waals surface area (Å²) in [6.07, 6.45) is 0. The molecule has 1 heterocycles. The number of hydrogen-bond donors (Lipinski definition) is 2. The molecule has 3 N–H and O–H groups in total. The van der Waals surface area contributed by atoms with E-state index in [2.05, 4.69) is 5.32 Å². The van der Waals surface area contributed by atoms with E-state index < -0.39 is 0 Å². The molecule has 4 nitrogen and oxygen atoms in total. The topological polar surface area (TPSA) is 68.3 Å². The molecule has 0 aliphatic carbocycles. The molecule has 0 fully saturated rings. The molecule has 0 aliphatic heterocycles. The maximum Gasteiger partial charge on any atom is 0.259 e. The SMILES string of the molecule is Cc1oc(C)c(C(=O)Nc2cccc(CN)c2)c1C. The van der Waals surface area contributed by atoms with Crippen LogP contribution < -0.4 is 11.1 Å². The minimum absolute atomic E-state index is 0.152. The number of anilines is 1. The molecule has 19 heavy (non-hydrogen) atoms. The van der Waals surface area contributed by atoms with Crippen molar-refractivity contribution in [3.05, 3.63) is 52.5 Å². The molecule has 1 aromatic heterocycles. The number of hydrogen-bond acceptors (Lipinski definition) is 3. The van der Waals surface area contributed by atoms with Gasteiger partial charge in [-0.05, 0) is 38.5 Å². The molecular formula is C15H18N2O2. The Morgan fingerprint density at radius 1 is 1.26 bits per heavy atom. The van der Waals surface area contributed by atoms with Crippen molar-refractivity contribution in [2.24, 2.45) is 5.73 Å². The number of nitrogens with two attached hydrogens (primary N) is 1. The predicted octanol–water partition coefficient (Wildman–Crippen LogP) is 2.92. The summed E-state index contributed by atoms with van der Waals surface area (Å²) in [5, 5.41) is 2.87. The van der Waals surface area contributed by atoms with Gasteiger partial charge in [0.15, 0.2) is 0 Å². The summed E-state index contributed by atoms with van der Waals surface area (Å²) in [6, 6.07) is 7.51. The van der Waals surface area contributed by atoms with E-state index >= 15 is 0 Å². The zero-order valence-electron chi connectivity index (χ0n) is 11.4. The molecule has 2 aromatic rings. The summed E-state index contributed by atoms with van der Waals surface area (Å²) in [6.45, 7) is 5.99. The lowest BCUT2D eigenvalue weighted by atomic mass is 10.1. The van der Waals surface area contributed by atoms with Gasteiger partial charge in [0.05, 0.1) is 5.56 Å². The van der Waals surface area contributed by atoms with Crippen LogP contribution in [0.3, 0.4) is 0 Å². The first-order chi connectivity index (χ1) is 9.02. The maximum absolute atomic E-state index is 12.3. The van der Waals surface area contributed by atoms with E-state index in [1.807, 2.05) is 38.1 Å². The van der Waals surface area contributed by atoms with Gasteiger partial charge in [0.25, 0.3) is 5.91 Å². The van der Waals surface area contributed by atoms with Crippen LogP contribution >= 0.6 is 0 Å². The second-order valence-corrected chi connectivity index (χ2v) is 4.57. The highest BCUT2D eigenvalue weighted by Crippen LogP contribution is 2.22. The number of benzene rings is 1. The van der Waals surface area contributed by atoms with E-state index in [9.17, 15) is 4.79 Å². The van der Waals surface area contributed by atoms with Crippen molar-refractivity contribution >= 4 is 11.6 Å². The third-order valence-corrected chi connectivity index (χ3v) is 3.21. The first-order valence-electron chi connectivity index (χ1n) is 6.20. The van der Waals surface area contributed by atoms with Gasteiger partial charge in [-0.25, -0.2) is 0 Å². The Morgan fingerprint density at radius 2 is 2.00 bits per heavy atom. The molecule has 100 valence electrons. The first-order valence-corrected chi connectivity index (χ1v) is 6.20. The predicted molar refractivity (Wildman–Crippen MR) is 75.2 cm³/mol. The lowest BCUT2D eigenvalue weighted by Crippen LogP contribution is -2.13. The molecule has 2 rings (SSSR count). The molecule has 0 unspecified atom stereocenters.